The van der Waals surface area contributed by atoms with Gasteiger partial charge in [-0.05, 0) is 55.0 Å². The highest BCUT2D eigenvalue weighted by Gasteiger charge is 2.27. The Bertz CT molecular complexity index is 1940. The van der Waals surface area contributed by atoms with E-state index >= 15 is 0 Å². The third-order valence-corrected chi connectivity index (χ3v) is 7.48. The lowest BCUT2D eigenvalue weighted by Gasteiger charge is -2.35. The van der Waals surface area contributed by atoms with Crippen molar-refractivity contribution in [2.45, 2.75) is 13.5 Å². The van der Waals surface area contributed by atoms with Crippen LogP contribution in [-0.2, 0) is 0 Å². The molecule has 0 saturated carbocycles. The van der Waals surface area contributed by atoms with Gasteiger partial charge in [0.1, 0.15) is 17.8 Å². The fraction of sp³-hybridized carbons (Fsp3) is 0.194. The normalized spacial score (nSPS) is 13.2. The Morgan fingerprint density at radius 2 is 1.59 bits per heavy atom. The number of nitrogens with zero attached hydrogens (tertiary/aromatic N) is 7. The molecule has 0 unspecified atom stereocenters. The number of nitrogens with one attached hydrogen (secondary N) is 1. The van der Waals surface area contributed by atoms with Gasteiger partial charge in [-0.3, -0.25) is 14.0 Å². The molecule has 13 nitrogen and oxygen atoms in total. The lowest BCUT2D eigenvalue weighted by molar-refractivity contribution is -0.0498. The lowest BCUT2D eigenvalue weighted by atomic mass is 10.1. The number of rotatable bonds is 8. The first-order valence-electron chi connectivity index (χ1n) is 14.1. The van der Waals surface area contributed by atoms with Crippen molar-refractivity contribution < 1.29 is 33.0 Å². The summed E-state index contributed by atoms with van der Waals surface area (Å²) in [5, 5.41) is 12.4. The van der Waals surface area contributed by atoms with Gasteiger partial charge in [-0.2, -0.15) is 8.78 Å². The Labute approximate surface area is 260 Å². The number of fused-ring (bicyclic) bond motifs is 1. The van der Waals surface area contributed by atoms with E-state index in [0.717, 1.165) is 29.2 Å². The molecule has 15 heteroatoms. The molecule has 2 N–H and O–H groups in total. The molecule has 0 radical (unpaired) electrons. The molecule has 1 saturated heterocycles. The number of anilines is 2. The Hall–Kier alpha value is -5.99. The molecule has 6 rings (SSSR count). The van der Waals surface area contributed by atoms with Crippen LogP contribution in [-0.4, -0.2) is 89.8 Å². The van der Waals surface area contributed by atoms with E-state index in [1.54, 1.807) is 47.8 Å². The number of aromatic nitrogens is 5. The summed E-state index contributed by atoms with van der Waals surface area (Å²) >= 11 is 0. The van der Waals surface area contributed by atoms with Crippen molar-refractivity contribution in [3.63, 3.8) is 0 Å². The van der Waals surface area contributed by atoms with Crippen LogP contribution < -0.4 is 10.1 Å². The van der Waals surface area contributed by atoms with Crippen molar-refractivity contribution in [1.29, 1.82) is 0 Å². The van der Waals surface area contributed by atoms with Crippen LogP contribution in [0.2, 0.25) is 0 Å². The molecule has 0 aliphatic carbocycles. The number of halogens is 2. The molecule has 4 heterocycles. The van der Waals surface area contributed by atoms with Gasteiger partial charge in [-0.15, -0.1) is 0 Å². The third-order valence-electron chi connectivity index (χ3n) is 7.48. The second kappa shape index (κ2) is 12.6. The molecule has 5 aromatic rings. The number of amides is 2. The smallest absolute Gasteiger partial charge is 0.387 e. The van der Waals surface area contributed by atoms with E-state index in [0.29, 0.717) is 35.8 Å². The number of imidazole rings is 1. The van der Waals surface area contributed by atoms with Crippen LogP contribution in [0.5, 0.6) is 5.75 Å². The second-order valence-corrected chi connectivity index (χ2v) is 10.3. The highest BCUT2D eigenvalue weighted by Crippen LogP contribution is 2.28. The average Bonchev–Trinajstić information content (AvgIpc) is 3.50. The number of alkyl halides is 2. The third kappa shape index (κ3) is 6.15. The number of carboxylic acid groups (broad SMARTS) is 1. The molecule has 2 aromatic carbocycles. The van der Waals surface area contributed by atoms with Crippen LogP contribution in [0.25, 0.3) is 16.9 Å². The minimum absolute atomic E-state index is 0.0146. The average molecular weight is 629 g/mol. The lowest BCUT2D eigenvalue weighted by Crippen LogP contribution is -2.50. The highest BCUT2D eigenvalue weighted by atomic mass is 19.3. The number of benzene rings is 2. The number of hydrogen-bond donors (Lipinski definition) is 2. The molecule has 1 aliphatic rings. The molecule has 1 fully saturated rings. The monoisotopic (exact) mass is 628 g/mol. The van der Waals surface area contributed by atoms with Gasteiger partial charge in [-0.1, -0.05) is 0 Å². The number of aryl methyl sites for hydroxylation is 1. The van der Waals surface area contributed by atoms with E-state index in [9.17, 15) is 23.2 Å². The number of carbonyl (C=O) groups excluding carboxylic acids is 2. The largest absolute Gasteiger partial charge is 0.477 e. The highest BCUT2D eigenvalue weighted by molar-refractivity contribution is 5.97. The van der Waals surface area contributed by atoms with Crippen molar-refractivity contribution in [3.8, 4) is 17.0 Å². The quantitative estimate of drug-likeness (QED) is 0.256. The van der Waals surface area contributed by atoms with Crippen molar-refractivity contribution in [2.24, 2.45) is 0 Å². The maximum Gasteiger partial charge on any atom is 0.387 e. The molecule has 0 bridgehead atoms. The molecule has 1 aliphatic heterocycles. The van der Waals surface area contributed by atoms with Gasteiger partial charge >= 0.3 is 12.6 Å². The first-order chi connectivity index (χ1) is 22.2. The van der Waals surface area contributed by atoms with Crippen molar-refractivity contribution >= 4 is 34.9 Å². The van der Waals surface area contributed by atoms with Crippen LogP contribution in [0, 0.1) is 6.92 Å². The van der Waals surface area contributed by atoms with Crippen LogP contribution >= 0.6 is 0 Å². The topological polar surface area (TPSA) is 155 Å². The van der Waals surface area contributed by atoms with Crippen molar-refractivity contribution in [3.05, 3.63) is 96.0 Å². The van der Waals surface area contributed by atoms with E-state index < -0.39 is 18.5 Å². The van der Waals surface area contributed by atoms with E-state index in [-0.39, 0.29) is 36.1 Å². The van der Waals surface area contributed by atoms with Crippen LogP contribution in [0.1, 0.15) is 36.9 Å². The van der Waals surface area contributed by atoms with E-state index in [4.69, 9.17) is 5.11 Å². The number of carbonyl (C=O) groups is 3. The minimum atomic E-state index is -2.90. The number of aromatic carboxylic acids is 1. The zero-order chi connectivity index (χ0) is 32.4. The summed E-state index contributed by atoms with van der Waals surface area (Å²) in [6.45, 7) is 0.0701. The minimum Gasteiger partial charge on any atom is -0.477 e. The zero-order valence-electron chi connectivity index (χ0n) is 24.3. The van der Waals surface area contributed by atoms with Gasteiger partial charge in [-0.25, -0.2) is 24.7 Å². The SMILES string of the molecule is Cc1cc(Nc2nccn3c(-c4ccc(OC(F)F)cc4)cnc23)ccc1C(=O)N1CCN(C(=O)c2cc(C(=O)O)ncn2)CC1. The van der Waals surface area contributed by atoms with E-state index in [1.165, 1.54) is 17.0 Å². The van der Waals surface area contributed by atoms with E-state index in [1.807, 2.05) is 17.4 Å². The first kappa shape index (κ1) is 30.1. The fourth-order valence-electron chi connectivity index (χ4n) is 5.18. The molecule has 0 atom stereocenters. The number of carboxylic acids is 1. The Morgan fingerprint density at radius 3 is 2.26 bits per heavy atom. The summed E-state index contributed by atoms with van der Waals surface area (Å²) in [5.74, 6) is -1.31. The Kier molecular flexibility index (Phi) is 8.20. The number of ether oxygens (including phenoxy) is 1. The standard InChI is InChI=1S/C31H26F2N8O5/c1-18-14-20(38-26-27-35-16-25(41(27)9-8-34-26)19-2-5-21(6-3-19)46-31(32)33)4-7-22(18)28(42)39-10-12-40(13-11-39)29(43)23-15-24(30(44)45)37-17-36-23/h2-9,14-17,31H,10-13H2,1H3,(H,34,38)(H,44,45). The first-order valence-corrected chi connectivity index (χ1v) is 14.1. The summed E-state index contributed by atoms with van der Waals surface area (Å²) in [6.07, 6.45) is 6.05. The summed E-state index contributed by atoms with van der Waals surface area (Å²) in [5.41, 5.74) is 3.67. The predicted octanol–water partition coefficient (Wildman–Crippen LogP) is 4.14. The van der Waals surface area contributed by atoms with Gasteiger partial charge in [0.05, 0.1) is 11.9 Å². The Morgan fingerprint density at radius 1 is 0.891 bits per heavy atom. The van der Waals surface area contributed by atoms with Gasteiger partial charge < -0.3 is 25.0 Å². The van der Waals surface area contributed by atoms with Gasteiger partial charge in [0.15, 0.2) is 17.2 Å². The Balaban J connectivity index is 1.12. The molecule has 0 spiro atoms. The molecule has 3 aromatic heterocycles. The predicted molar refractivity (Wildman–Crippen MR) is 160 cm³/mol. The number of piperazine rings is 1. The molecule has 2 amide bonds. The maximum atomic E-state index is 13.4. The molecular weight excluding hydrogens is 602 g/mol. The number of hydrogen-bond acceptors (Lipinski definition) is 9. The van der Waals surface area contributed by atoms with Crippen LogP contribution in [0.3, 0.4) is 0 Å². The van der Waals surface area contributed by atoms with Crippen molar-refractivity contribution in [2.75, 3.05) is 31.5 Å². The van der Waals surface area contributed by atoms with Crippen LogP contribution in [0.15, 0.2) is 73.4 Å². The zero-order valence-corrected chi connectivity index (χ0v) is 24.3. The summed E-state index contributed by atoms with van der Waals surface area (Å²) in [7, 11) is 0. The van der Waals surface area contributed by atoms with E-state index in [2.05, 4.69) is 30.0 Å². The fourth-order valence-corrected chi connectivity index (χ4v) is 5.18. The molecular formula is C31H26F2N8O5. The molecule has 46 heavy (non-hydrogen) atoms. The van der Waals surface area contributed by atoms with Crippen molar-refractivity contribution in [1.82, 2.24) is 34.1 Å². The summed E-state index contributed by atoms with van der Waals surface area (Å²) in [6, 6.07) is 12.7. The maximum absolute atomic E-state index is 13.4. The second-order valence-electron chi connectivity index (χ2n) is 10.3. The molecule has 234 valence electrons. The van der Waals surface area contributed by atoms with Gasteiger partial charge in [0.25, 0.3) is 11.8 Å². The summed E-state index contributed by atoms with van der Waals surface area (Å²) in [4.78, 5) is 57.1. The van der Waals surface area contributed by atoms with Gasteiger partial charge in [0.2, 0.25) is 0 Å². The van der Waals surface area contributed by atoms with Gasteiger partial charge in [0, 0.05) is 61.5 Å². The summed E-state index contributed by atoms with van der Waals surface area (Å²) < 4.78 is 31.3. The van der Waals surface area contributed by atoms with Crippen LogP contribution in [0.4, 0.5) is 20.3 Å².